The summed E-state index contributed by atoms with van der Waals surface area (Å²) >= 11 is 6.41. The smallest absolute Gasteiger partial charge is 0.319 e. The Bertz CT molecular complexity index is 1840. The number of nitrogens with zero attached hydrogens (tertiary/aromatic N) is 5. The maximum Gasteiger partial charge on any atom is 0.319 e. The third kappa shape index (κ3) is 5.17. The predicted octanol–water partition coefficient (Wildman–Crippen LogP) is 6.91. The molecule has 11 heteroatoms. The molecule has 3 fully saturated rings. The third-order valence-electron chi connectivity index (χ3n) is 9.67. The van der Waals surface area contributed by atoms with Gasteiger partial charge in [0.15, 0.2) is 5.83 Å². The number of ether oxygens (including phenoxy) is 1. The molecule has 1 amide bonds. The van der Waals surface area contributed by atoms with Crippen molar-refractivity contribution in [2.24, 2.45) is 0 Å². The first-order valence-electron chi connectivity index (χ1n) is 15.3. The zero-order valence-corrected chi connectivity index (χ0v) is 25.7. The Morgan fingerprint density at radius 1 is 1.04 bits per heavy atom. The van der Waals surface area contributed by atoms with Crippen LogP contribution in [0.1, 0.15) is 32.6 Å². The van der Waals surface area contributed by atoms with Crippen molar-refractivity contribution in [1.29, 1.82) is 0 Å². The van der Waals surface area contributed by atoms with Crippen molar-refractivity contribution in [3.8, 4) is 17.1 Å². The van der Waals surface area contributed by atoms with E-state index >= 15 is 4.39 Å². The van der Waals surface area contributed by atoms with Crippen molar-refractivity contribution in [1.82, 2.24) is 19.8 Å². The molecule has 4 heterocycles. The van der Waals surface area contributed by atoms with Gasteiger partial charge in [-0.3, -0.25) is 9.69 Å². The second-order valence-corrected chi connectivity index (χ2v) is 12.7. The molecule has 0 saturated carbocycles. The topological polar surface area (TPSA) is 61.8 Å². The van der Waals surface area contributed by atoms with Crippen LogP contribution in [-0.2, 0) is 4.79 Å². The molecule has 3 aromatic carbocycles. The van der Waals surface area contributed by atoms with Gasteiger partial charge in [0.25, 0.3) is 5.91 Å². The fourth-order valence-corrected chi connectivity index (χ4v) is 7.70. The molecule has 3 saturated heterocycles. The lowest BCUT2D eigenvalue weighted by Gasteiger charge is -2.40. The molecule has 7 nitrogen and oxygen atoms in total. The van der Waals surface area contributed by atoms with Crippen LogP contribution >= 0.6 is 11.6 Å². The summed E-state index contributed by atoms with van der Waals surface area (Å²) in [5, 5.41) is 1.47. The van der Waals surface area contributed by atoms with Crippen LogP contribution in [0.4, 0.5) is 19.0 Å². The second kappa shape index (κ2) is 11.5. The highest BCUT2D eigenvalue weighted by atomic mass is 35.5. The van der Waals surface area contributed by atoms with E-state index in [1.165, 1.54) is 17.0 Å². The predicted molar refractivity (Wildman–Crippen MR) is 169 cm³/mol. The van der Waals surface area contributed by atoms with Gasteiger partial charge in [0, 0.05) is 42.0 Å². The SMILES string of the molecule is C=C(F)C(=O)N1CCN(c2nc(OCC34CCCN3CCC4)nc3cc(-c4cccc5ccc(F)c(Cl)c45)c(F)cc23)[C@@H](C)C1. The van der Waals surface area contributed by atoms with Gasteiger partial charge in [0.05, 0.1) is 16.1 Å². The van der Waals surface area contributed by atoms with Crippen LogP contribution in [0.25, 0.3) is 32.8 Å². The lowest BCUT2D eigenvalue weighted by Crippen LogP contribution is -2.54. The quantitative estimate of drug-likeness (QED) is 0.215. The third-order valence-corrected chi connectivity index (χ3v) is 10.0. The highest BCUT2D eigenvalue weighted by Gasteiger charge is 2.45. The van der Waals surface area contributed by atoms with Crippen LogP contribution in [0.5, 0.6) is 6.01 Å². The first-order valence-corrected chi connectivity index (χ1v) is 15.7. The number of aromatic nitrogens is 2. The van der Waals surface area contributed by atoms with E-state index in [0.29, 0.717) is 46.2 Å². The molecule has 1 atom stereocenters. The molecule has 0 aliphatic carbocycles. The van der Waals surface area contributed by atoms with Crippen molar-refractivity contribution < 1.29 is 22.7 Å². The highest BCUT2D eigenvalue weighted by Crippen LogP contribution is 2.41. The molecule has 3 aliphatic heterocycles. The number of anilines is 1. The van der Waals surface area contributed by atoms with Gasteiger partial charge in [-0.25, -0.2) is 13.2 Å². The molecule has 0 radical (unpaired) electrons. The molecule has 0 spiro atoms. The summed E-state index contributed by atoms with van der Waals surface area (Å²) in [6.45, 7) is 8.42. The van der Waals surface area contributed by atoms with Crippen LogP contribution in [0.15, 0.2) is 54.9 Å². The monoisotopic (exact) mass is 635 g/mol. The van der Waals surface area contributed by atoms with Gasteiger partial charge < -0.3 is 14.5 Å². The Balaban J connectivity index is 1.33. The van der Waals surface area contributed by atoms with Gasteiger partial charge in [0.1, 0.15) is 24.1 Å². The first kappa shape index (κ1) is 29.8. The maximum atomic E-state index is 16.1. The average Bonchev–Trinajstić information content (AvgIpc) is 3.61. The lowest BCUT2D eigenvalue weighted by molar-refractivity contribution is -0.129. The number of fused-ring (bicyclic) bond motifs is 3. The Morgan fingerprint density at radius 2 is 1.82 bits per heavy atom. The molecule has 4 aromatic rings. The van der Waals surface area contributed by atoms with Gasteiger partial charge in [-0.1, -0.05) is 42.4 Å². The summed E-state index contributed by atoms with van der Waals surface area (Å²) in [5.41, 5.74) is 1.07. The van der Waals surface area contributed by atoms with Crippen LogP contribution in [0.3, 0.4) is 0 Å². The van der Waals surface area contributed by atoms with Crippen molar-refractivity contribution in [3.63, 3.8) is 0 Å². The Labute approximate surface area is 264 Å². The van der Waals surface area contributed by atoms with Gasteiger partial charge in [-0.15, -0.1) is 0 Å². The molecule has 0 bridgehead atoms. The molecule has 234 valence electrons. The van der Waals surface area contributed by atoms with E-state index in [4.69, 9.17) is 26.3 Å². The Kier molecular flexibility index (Phi) is 7.60. The molecule has 0 unspecified atom stereocenters. The zero-order valence-electron chi connectivity index (χ0n) is 25.0. The van der Waals surface area contributed by atoms with Gasteiger partial charge >= 0.3 is 6.01 Å². The Hall–Kier alpha value is -3.89. The standard InChI is InChI=1S/C34H33ClF3N5O2/c1-20-18-41(32(44)21(2)36)14-15-43(20)31-25-16-27(38)24(23-7-3-6-22-8-9-26(37)30(35)29(22)23)17-28(25)39-33(40-31)45-19-34-10-4-12-42(34)13-5-11-34/h3,6-9,16-17,20H,2,4-5,10-15,18-19H2,1H3/t20-/m0/s1. The number of hydrogen-bond acceptors (Lipinski definition) is 6. The summed E-state index contributed by atoms with van der Waals surface area (Å²) < 4.78 is 50.7. The van der Waals surface area contributed by atoms with Crippen LogP contribution in [0.2, 0.25) is 5.02 Å². The summed E-state index contributed by atoms with van der Waals surface area (Å²) in [5.74, 6) is -2.41. The van der Waals surface area contributed by atoms with E-state index in [2.05, 4.69) is 11.5 Å². The molecular weight excluding hydrogens is 603 g/mol. The molecule has 1 aromatic heterocycles. The maximum absolute atomic E-state index is 16.1. The number of carbonyl (C=O) groups excluding carboxylic acids is 1. The van der Waals surface area contributed by atoms with E-state index in [-0.39, 0.29) is 41.3 Å². The minimum atomic E-state index is -1.01. The van der Waals surface area contributed by atoms with Crippen molar-refractivity contribution in [2.45, 2.75) is 44.2 Å². The zero-order chi connectivity index (χ0) is 31.5. The van der Waals surface area contributed by atoms with Crippen molar-refractivity contribution >= 4 is 45.0 Å². The molecular formula is C34H33ClF3N5O2. The summed E-state index contributed by atoms with van der Waals surface area (Å²) in [7, 11) is 0. The van der Waals surface area contributed by atoms with Crippen molar-refractivity contribution in [2.75, 3.05) is 44.2 Å². The number of benzene rings is 3. The molecule has 7 rings (SSSR count). The normalized spacial score (nSPS) is 19.8. The molecule has 45 heavy (non-hydrogen) atoms. The van der Waals surface area contributed by atoms with E-state index in [1.54, 1.807) is 30.3 Å². The van der Waals surface area contributed by atoms with E-state index in [9.17, 15) is 13.6 Å². The number of carbonyl (C=O) groups is 1. The number of hydrogen-bond donors (Lipinski definition) is 0. The largest absolute Gasteiger partial charge is 0.461 e. The summed E-state index contributed by atoms with van der Waals surface area (Å²) in [4.78, 5) is 27.8. The molecule has 3 aliphatic rings. The van der Waals surface area contributed by atoms with Crippen LogP contribution < -0.4 is 9.64 Å². The number of piperazine rings is 1. The van der Waals surface area contributed by atoms with Gasteiger partial charge in [0.2, 0.25) is 0 Å². The minimum Gasteiger partial charge on any atom is -0.461 e. The number of amides is 1. The minimum absolute atomic E-state index is 0.0374. The fourth-order valence-electron chi connectivity index (χ4n) is 7.42. The number of rotatable bonds is 6. The second-order valence-electron chi connectivity index (χ2n) is 12.3. The average molecular weight is 636 g/mol. The van der Waals surface area contributed by atoms with E-state index in [0.717, 1.165) is 38.8 Å². The fraction of sp³-hybridized carbons (Fsp3) is 0.382. The summed E-state index contributed by atoms with van der Waals surface area (Å²) in [6, 6.07) is 11.1. The molecule has 0 N–H and O–H groups in total. The Morgan fingerprint density at radius 3 is 2.56 bits per heavy atom. The van der Waals surface area contributed by atoms with Gasteiger partial charge in [-0.2, -0.15) is 9.97 Å². The first-order chi connectivity index (χ1) is 21.6. The van der Waals surface area contributed by atoms with Crippen LogP contribution in [-0.4, -0.2) is 76.6 Å². The van der Waals surface area contributed by atoms with Crippen molar-refractivity contribution in [3.05, 3.63) is 71.5 Å². The lowest BCUT2D eigenvalue weighted by atomic mass is 9.95. The van der Waals surface area contributed by atoms with E-state index < -0.39 is 23.4 Å². The van der Waals surface area contributed by atoms with E-state index in [1.807, 2.05) is 11.8 Å². The van der Waals surface area contributed by atoms with Gasteiger partial charge in [-0.05, 0) is 74.8 Å². The summed E-state index contributed by atoms with van der Waals surface area (Å²) in [6.07, 6.45) is 4.34. The number of halogens is 4. The highest BCUT2D eigenvalue weighted by molar-refractivity contribution is 6.37. The van der Waals surface area contributed by atoms with Crippen LogP contribution in [0, 0.1) is 11.6 Å².